The van der Waals surface area contributed by atoms with E-state index in [0.29, 0.717) is 0 Å². The van der Waals surface area contributed by atoms with Crippen LogP contribution in [0.1, 0.15) is 32.1 Å². The molecule has 2 aliphatic heterocycles. The molecule has 0 unspecified atom stereocenters. The molecule has 7 heteroatoms. The normalized spacial score (nSPS) is 21.8. The highest BCUT2D eigenvalue weighted by atomic mass is 35.5. The van der Waals surface area contributed by atoms with Crippen LogP contribution in [0.5, 0.6) is 0 Å². The molecular weight excluding hydrogens is 313 g/mol. The fourth-order valence-electron chi connectivity index (χ4n) is 3.03. The highest BCUT2D eigenvalue weighted by Gasteiger charge is 2.39. The van der Waals surface area contributed by atoms with Gasteiger partial charge in [-0.3, -0.25) is 4.79 Å². The Balaban J connectivity index is 0.00000200. The van der Waals surface area contributed by atoms with Gasteiger partial charge in [0.1, 0.15) is 5.60 Å². The molecule has 0 aliphatic carbocycles. The predicted octanol–water partition coefficient (Wildman–Crippen LogP) is 1.20. The number of piperidine rings is 2. The van der Waals surface area contributed by atoms with Gasteiger partial charge >= 0.3 is 0 Å². The molecule has 0 aromatic rings. The van der Waals surface area contributed by atoms with Crippen molar-refractivity contribution in [2.75, 3.05) is 46.4 Å². The summed E-state index contributed by atoms with van der Waals surface area (Å²) < 4.78 is 5.52. The molecule has 2 rings (SSSR count). The van der Waals surface area contributed by atoms with Crippen LogP contribution in [0.3, 0.4) is 0 Å². The van der Waals surface area contributed by atoms with Crippen molar-refractivity contribution in [3.05, 3.63) is 0 Å². The van der Waals surface area contributed by atoms with E-state index in [-0.39, 0.29) is 30.7 Å². The molecule has 2 N–H and O–H groups in total. The quantitative estimate of drug-likeness (QED) is 0.788. The van der Waals surface area contributed by atoms with Gasteiger partial charge in [0.25, 0.3) is 5.91 Å². The van der Waals surface area contributed by atoms with E-state index in [1.165, 1.54) is 32.4 Å². The lowest BCUT2D eigenvalue weighted by atomic mass is 9.91. The summed E-state index contributed by atoms with van der Waals surface area (Å²) in [7, 11) is 1.65. The average Bonchev–Trinajstić information content (AvgIpc) is 2.49. The Labute approximate surface area is 140 Å². The fraction of sp³-hybridized carbons (Fsp3) is 0.929. The molecule has 2 fully saturated rings. The van der Waals surface area contributed by atoms with Crippen molar-refractivity contribution in [3.63, 3.8) is 0 Å². The number of rotatable bonds is 5. The first-order valence-electron chi connectivity index (χ1n) is 7.53. The number of hydrogen-bond donors (Lipinski definition) is 2. The molecule has 21 heavy (non-hydrogen) atoms. The second-order valence-electron chi connectivity index (χ2n) is 5.61. The van der Waals surface area contributed by atoms with Crippen LogP contribution in [0.15, 0.2) is 0 Å². The minimum atomic E-state index is -0.604. The van der Waals surface area contributed by atoms with Crippen LogP contribution in [0, 0.1) is 0 Å². The molecule has 0 saturated carbocycles. The molecule has 2 aliphatic rings. The Morgan fingerprint density at radius 3 is 2.38 bits per heavy atom. The molecule has 1 amide bonds. The van der Waals surface area contributed by atoms with E-state index in [9.17, 15) is 4.79 Å². The molecule has 0 radical (unpaired) electrons. The van der Waals surface area contributed by atoms with Crippen LogP contribution in [0.25, 0.3) is 0 Å². The number of hydrogen-bond acceptors (Lipinski definition) is 4. The molecule has 0 atom stereocenters. The summed E-state index contributed by atoms with van der Waals surface area (Å²) in [6, 6.07) is 0. The molecule has 2 saturated heterocycles. The maximum absolute atomic E-state index is 12.3. The second kappa shape index (κ2) is 10.6. The van der Waals surface area contributed by atoms with E-state index in [1.54, 1.807) is 7.11 Å². The minimum absolute atomic E-state index is 0. The Hall–Kier alpha value is -0.0700. The standard InChI is InChI=1S/C14H27N3O2.2ClH/c1-19-14(5-7-15-8-6-14)13(18)16-9-12-17-10-3-2-4-11-17;;/h15H,2-12H2,1H3,(H,16,18);2*1H. The summed E-state index contributed by atoms with van der Waals surface area (Å²) in [5, 5.41) is 6.33. The lowest BCUT2D eigenvalue weighted by Crippen LogP contribution is -2.55. The monoisotopic (exact) mass is 341 g/mol. The fourth-order valence-corrected chi connectivity index (χ4v) is 3.03. The van der Waals surface area contributed by atoms with Crippen molar-refractivity contribution in [2.45, 2.75) is 37.7 Å². The topological polar surface area (TPSA) is 53.6 Å². The Kier molecular flexibility index (Phi) is 10.6. The molecule has 126 valence electrons. The number of amides is 1. The highest BCUT2D eigenvalue weighted by Crippen LogP contribution is 2.22. The van der Waals surface area contributed by atoms with Gasteiger partial charge in [-0.25, -0.2) is 0 Å². The van der Waals surface area contributed by atoms with Gasteiger partial charge in [-0.05, 0) is 51.9 Å². The third-order valence-electron chi connectivity index (χ3n) is 4.38. The summed E-state index contributed by atoms with van der Waals surface area (Å²) in [5.41, 5.74) is -0.604. The van der Waals surface area contributed by atoms with Crippen LogP contribution < -0.4 is 10.6 Å². The second-order valence-corrected chi connectivity index (χ2v) is 5.61. The van der Waals surface area contributed by atoms with Crippen LogP contribution >= 0.6 is 24.8 Å². The number of methoxy groups -OCH3 is 1. The largest absolute Gasteiger partial charge is 0.368 e. The van der Waals surface area contributed by atoms with Crippen LogP contribution in [0.4, 0.5) is 0 Å². The first kappa shape index (κ1) is 20.9. The maximum Gasteiger partial charge on any atom is 0.252 e. The van der Waals surface area contributed by atoms with Gasteiger partial charge < -0.3 is 20.3 Å². The van der Waals surface area contributed by atoms with Gasteiger partial charge in [0, 0.05) is 20.2 Å². The summed E-state index contributed by atoms with van der Waals surface area (Å²) in [6.07, 6.45) is 5.46. The van der Waals surface area contributed by atoms with E-state index in [2.05, 4.69) is 15.5 Å². The van der Waals surface area contributed by atoms with Crippen LogP contribution in [0.2, 0.25) is 0 Å². The number of nitrogens with one attached hydrogen (secondary N) is 2. The number of halogens is 2. The molecule has 5 nitrogen and oxygen atoms in total. The maximum atomic E-state index is 12.3. The summed E-state index contributed by atoms with van der Waals surface area (Å²) >= 11 is 0. The number of likely N-dealkylation sites (tertiary alicyclic amines) is 1. The number of carbonyl (C=O) groups is 1. The predicted molar refractivity (Wildman–Crippen MR) is 89.6 cm³/mol. The zero-order chi connectivity index (χ0) is 13.6. The van der Waals surface area contributed by atoms with E-state index < -0.39 is 5.60 Å². The Bertz CT molecular complexity index is 294. The van der Waals surface area contributed by atoms with Gasteiger partial charge in [-0.15, -0.1) is 24.8 Å². The van der Waals surface area contributed by atoms with Crippen molar-refractivity contribution in [1.29, 1.82) is 0 Å². The van der Waals surface area contributed by atoms with E-state index >= 15 is 0 Å². The lowest BCUT2D eigenvalue weighted by molar-refractivity contribution is -0.146. The van der Waals surface area contributed by atoms with Crippen molar-refractivity contribution in [3.8, 4) is 0 Å². The molecule has 0 bridgehead atoms. The molecule has 0 spiro atoms. The molecule has 0 aromatic heterocycles. The number of nitrogens with zero attached hydrogens (tertiary/aromatic N) is 1. The van der Waals surface area contributed by atoms with Crippen molar-refractivity contribution in [2.24, 2.45) is 0 Å². The smallest absolute Gasteiger partial charge is 0.252 e. The summed E-state index contributed by atoms with van der Waals surface area (Å²) in [4.78, 5) is 14.7. The number of carbonyl (C=O) groups excluding carboxylic acids is 1. The molecule has 0 aromatic carbocycles. The van der Waals surface area contributed by atoms with Crippen molar-refractivity contribution in [1.82, 2.24) is 15.5 Å². The lowest BCUT2D eigenvalue weighted by Gasteiger charge is -2.35. The van der Waals surface area contributed by atoms with E-state index in [4.69, 9.17) is 4.74 Å². The van der Waals surface area contributed by atoms with Crippen LogP contribution in [-0.4, -0.2) is 62.8 Å². The Morgan fingerprint density at radius 2 is 1.81 bits per heavy atom. The highest BCUT2D eigenvalue weighted by molar-refractivity contribution is 5.86. The molecule has 2 heterocycles. The third kappa shape index (κ3) is 5.91. The first-order valence-corrected chi connectivity index (χ1v) is 7.53. The number of ether oxygens (including phenoxy) is 1. The summed E-state index contributed by atoms with van der Waals surface area (Å²) in [5.74, 6) is 0.0634. The molecular formula is C14H29Cl2N3O2. The SMILES string of the molecule is COC1(C(=O)NCCN2CCCCC2)CCNCC1.Cl.Cl. The van der Waals surface area contributed by atoms with Gasteiger partial charge in [0.05, 0.1) is 0 Å². The van der Waals surface area contributed by atoms with Gasteiger partial charge in [-0.1, -0.05) is 6.42 Å². The van der Waals surface area contributed by atoms with E-state index in [0.717, 1.165) is 39.0 Å². The van der Waals surface area contributed by atoms with E-state index in [1.807, 2.05) is 0 Å². The average molecular weight is 342 g/mol. The Morgan fingerprint density at radius 1 is 1.19 bits per heavy atom. The zero-order valence-electron chi connectivity index (χ0n) is 12.9. The first-order chi connectivity index (χ1) is 9.27. The van der Waals surface area contributed by atoms with Gasteiger partial charge in [-0.2, -0.15) is 0 Å². The third-order valence-corrected chi connectivity index (χ3v) is 4.38. The van der Waals surface area contributed by atoms with Gasteiger partial charge in [0.2, 0.25) is 0 Å². The van der Waals surface area contributed by atoms with Crippen molar-refractivity contribution < 1.29 is 9.53 Å². The minimum Gasteiger partial charge on any atom is -0.368 e. The van der Waals surface area contributed by atoms with Crippen LogP contribution in [-0.2, 0) is 9.53 Å². The summed E-state index contributed by atoms with van der Waals surface area (Å²) in [6.45, 7) is 5.76. The zero-order valence-corrected chi connectivity index (χ0v) is 14.5. The van der Waals surface area contributed by atoms with Gasteiger partial charge in [0.15, 0.2) is 0 Å². The van der Waals surface area contributed by atoms with Crippen molar-refractivity contribution >= 4 is 30.7 Å².